The number of benzene rings is 1. The molecular weight excluding hydrogens is 260 g/mol. The third-order valence-electron chi connectivity index (χ3n) is 2.76. The van der Waals surface area contributed by atoms with Crippen LogP contribution in [-0.4, -0.2) is 25.1 Å². The van der Waals surface area contributed by atoms with E-state index in [9.17, 15) is 4.79 Å². The molecule has 0 bridgehead atoms. The minimum Gasteiger partial charge on any atom is -0.493 e. The van der Waals surface area contributed by atoms with Crippen LogP contribution < -0.4 is 14.8 Å². The molecule has 2 aromatic rings. The predicted molar refractivity (Wildman–Crippen MR) is 73.0 cm³/mol. The zero-order valence-corrected chi connectivity index (χ0v) is 11.4. The second-order valence-electron chi connectivity index (χ2n) is 4.10. The Morgan fingerprint density at radius 1 is 1.30 bits per heavy atom. The molecule has 0 aliphatic rings. The van der Waals surface area contributed by atoms with E-state index >= 15 is 0 Å². The summed E-state index contributed by atoms with van der Waals surface area (Å²) in [5.41, 5.74) is 1.42. The largest absolute Gasteiger partial charge is 0.493 e. The Hall–Kier alpha value is -2.50. The topological polar surface area (TPSA) is 73.6 Å². The molecule has 0 saturated heterocycles. The Kier molecular flexibility index (Phi) is 4.60. The maximum Gasteiger partial charge on any atom is 0.224 e. The number of nitrogens with zero attached hydrogens (tertiary/aromatic N) is 1. The van der Waals surface area contributed by atoms with Crippen LogP contribution in [0.1, 0.15) is 12.1 Å². The molecule has 1 amide bonds. The van der Waals surface area contributed by atoms with Crippen LogP contribution in [0.3, 0.4) is 0 Å². The number of aryl methyl sites for hydroxylation is 1. The number of anilines is 1. The molecule has 2 rings (SSSR count). The van der Waals surface area contributed by atoms with E-state index in [1.165, 1.54) is 12.7 Å². The number of rotatable bonds is 6. The van der Waals surface area contributed by atoms with Crippen molar-refractivity contribution in [3.05, 3.63) is 36.5 Å². The average molecular weight is 276 g/mol. The lowest BCUT2D eigenvalue weighted by molar-refractivity contribution is -0.116. The van der Waals surface area contributed by atoms with Crippen molar-refractivity contribution in [2.45, 2.75) is 12.8 Å². The highest BCUT2D eigenvalue weighted by Gasteiger charge is 2.08. The number of oxazole rings is 1. The zero-order chi connectivity index (χ0) is 14.4. The van der Waals surface area contributed by atoms with Crippen molar-refractivity contribution in [1.82, 2.24) is 4.98 Å². The molecule has 0 atom stereocenters. The van der Waals surface area contributed by atoms with Gasteiger partial charge in [-0.1, -0.05) is 0 Å². The zero-order valence-electron chi connectivity index (χ0n) is 11.4. The van der Waals surface area contributed by atoms with Gasteiger partial charge in [-0.3, -0.25) is 4.79 Å². The normalized spacial score (nSPS) is 10.1. The van der Waals surface area contributed by atoms with Crippen LogP contribution in [0.15, 0.2) is 35.3 Å². The van der Waals surface area contributed by atoms with Gasteiger partial charge in [0.1, 0.15) is 6.26 Å². The van der Waals surface area contributed by atoms with Gasteiger partial charge in [0.25, 0.3) is 0 Å². The van der Waals surface area contributed by atoms with E-state index < -0.39 is 0 Å². The highest BCUT2D eigenvalue weighted by atomic mass is 16.5. The van der Waals surface area contributed by atoms with Gasteiger partial charge in [0.05, 0.1) is 19.9 Å². The molecule has 0 fully saturated rings. The summed E-state index contributed by atoms with van der Waals surface area (Å²) in [7, 11) is 3.11. The highest BCUT2D eigenvalue weighted by molar-refractivity contribution is 5.91. The Morgan fingerprint density at radius 3 is 2.75 bits per heavy atom. The number of nitrogens with one attached hydrogen (secondary N) is 1. The Bertz CT molecular complexity index is 567. The summed E-state index contributed by atoms with van der Waals surface area (Å²) in [6.45, 7) is 0. The number of methoxy groups -OCH3 is 2. The lowest BCUT2D eigenvalue weighted by atomic mass is 10.2. The number of ether oxygens (including phenoxy) is 2. The number of amides is 1. The second kappa shape index (κ2) is 6.60. The average Bonchev–Trinajstić information content (AvgIpc) is 2.98. The van der Waals surface area contributed by atoms with Crippen molar-refractivity contribution >= 4 is 11.6 Å². The van der Waals surface area contributed by atoms with E-state index in [4.69, 9.17) is 13.9 Å². The summed E-state index contributed by atoms with van der Waals surface area (Å²) < 4.78 is 15.2. The molecule has 0 radical (unpaired) electrons. The first-order chi connectivity index (χ1) is 9.72. The fourth-order valence-electron chi connectivity index (χ4n) is 1.74. The summed E-state index contributed by atoms with van der Waals surface area (Å²) in [6.07, 6.45) is 3.75. The molecule has 6 nitrogen and oxygen atoms in total. The van der Waals surface area contributed by atoms with E-state index in [0.29, 0.717) is 30.0 Å². The molecule has 0 unspecified atom stereocenters. The van der Waals surface area contributed by atoms with Crippen molar-refractivity contribution in [2.75, 3.05) is 19.5 Å². The molecule has 1 aromatic carbocycles. The van der Waals surface area contributed by atoms with Crippen LogP contribution in [0.5, 0.6) is 11.5 Å². The molecule has 0 spiro atoms. The number of hydrogen-bond donors (Lipinski definition) is 1. The van der Waals surface area contributed by atoms with Crippen molar-refractivity contribution in [3.63, 3.8) is 0 Å². The molecular formula is C14H16N2O4. The van der Waals surface area contributed by atoms with E-state index in [0.717, 1.165) is 5.69 Å². The Morgan fingerprint density at radius 2 is 2.10 bits per heavy atom. The molecule has 1 heterocycles. The van der Waals surface area contributed by atoms with Crippen molar-refractivity contribution < 1.29 is 18.7 Å². The van der Waals surface area contributed by atoms with E-state index in [-0.39, 0.29) is 5.91 Å². The first-order valence-corrected chi connectivity index (χ1v) is 6.12. The summed E-state index contributed by atoms with van der Waals surface area (Å²) in [4.78, 5) is 15.8. The lowest BCUT2D eigenvalue weighted by Crippen LogP contribution is -2.12. The fraction of sp³-hybridized carbons (Fsp3) is 0.286. The maximum atomic E-state index is 11.8. The van der Waals surface area contributed by atoms with Crippen LogP contribution >= 0.6 is 0 Å². The number of aromatic nitrogens is 1. The van der Waals surface area contributed by atoms with Gasteiger partial charge in [-0.15, -0.1) is 0 Å². The van der Waals surface area contributed by atoms with Crippen LogP contribution in [0, 0.1) is 0 Å². The first-order valence-electron chi connectivity index (χ1n) is 6.12. The van der Waals surface area contributed by atoms with Crippen LogP contribution in [-0.2, 0) is 11.2 Å². The van der Waals surface area contributed by atoms with Gasteiger partial charge in [0.2, 0.25) is 5.91 Å². The monoisotopic (exact) mass is 276 g/mol. The van der Waals surface area contributed by atoms with Gasteiger partial charge in [-0.2, -0.15) is 0 Å². The number of hydrogen-bond acceptors (Lipinski definition) is 5. The number of carbonyl (C=O) groups is 1. The predicted octanol–water partition coefficient (Wildman–Crippen LogP) is 2.26. The van der Waals surface area contributed by atoms with Gasteiger partial charge in [0.15, 0.2) is 17.9 Å². The van der Waals surface area contributed by atoms with Crippen LogP contribution in [0.4, 0.5) is 5.69 Å². The SMILES string of the molecule is COc1ccc(NC(=O)CCc2cocn2)cc1OC. The van der Waals surface area contributed by atoms with Crippen molar-refractivity contribution in [2.24, 2.45) is 0 Å². The summed E-state index contributed by atoms with van der Waals surface area (Å²) in [6, 6.07) is 5.22. The van der Waals surface area contributed by atoms with Gasteiger partial charge in [-0.25, -0.2) is 4.98 Å². The van der Waals surface area contributed by atoms with Crippen molar-refractivity contribution in [1.29, 1.82) is 0 Å². The minimum absolute atomic E-state index is 0.0970. The van der Waals surface area contributed by atoms with Crippen LogP contribution in [0.2, 0.25) is 0 Å². The van der Waals surface area contributed by atoms with E-state index in [1.54, 1.807) is 32.4 Å². The molecule has 0 aliphatic carbocycles. The summed E-state index contributed by atoms with van der Waals surface area (Å²) in [5, 5.41) is 2.80. The van der Waals surface area contributed by atoms with E-state index in [2.05, 4.69) is 10.3 Å². The molecule has 1 aromatic heterocycles. The second-order valence-corrected chi connectivity index (χ2v) is 4.10. The minimum atomic E-state index is -0.0970. The smallest absolute Gasteiger partial charge is 0.224 e. The standard InChI is InChI=1S/C14H16N2O4/c1-18-12-5-3-10(7-13(12)19-2)16-14(17)6-4-11-8-20-9-15-11/h3,5,7-9H,4,6H2,1-2H3,(H,16,17). The third-order valence-corrected chi connectivity index (χ3v) is 2.76. The summed E-state index contributed by atoms with van der Waals surface area (Å²) in [5.74, 6) is 1.09. The van der Waals surface area contributed by atoms with E-state index in [1.807, 2.05) is 0 Å². The quantitative estimate of drug-likeness (QED) is 0.876. The fourth-order valence-corrected chi connectivity index (χ4v) is 1.74. The summed E-state index contributed by atoms with van der Waals surface area (Å²) >= 11 is 0. The molecule has 1 N–H and O–H groups in total. The molecule has 106 valence electrons. The number of carbonyl (C=O) groups excluding carboxylic acids is 1. The molecule has 20 heavy (non-hydrogen) atoms. The third kappa shape index (κ3) is 3.50. The first kappa shape index (κ1) is 13.9. The van der Waals surface area contributed by atoms with Crippen molar-refractivity contribution in [3.8, 4) is 11.5 Å². The lowest BCUT2D eigenvalue weighted by Gasteiger charge is -2.10. The van der Waals surface area contributed by atoms with Gasteiger partial charge in [0, 0.05) is 24.6 Å². The highest BCUT2D eigenvalue weighted by Crippen LogP contribution is 2.29. The van der Waals surface area contributed by atoms with Gasteiger partial charge < -0.3 is 19.2 Å². The molecule has 0 saturated carbocycles. The maximum absolute atomic E-state index is 11.8. The van der Waals surface area contributed by atoms with Gasteiger partial charge >= 0.3 is 0 Å². The van der Waals surface area contributed by atoms with Gasteiger partial charge in [-0.05, 0) is 12.1 Å². The molecule has 0 aliphatic heterocycles. The van der Waals surface area contributed by atoms with Crippen LogP contribution in [0.25, 0.3) is 0 Å². The Labute approximate surface area is 116 Å². The molecule has 6 heteroatoms. The Balaban J connectivity index is 1.93.